The fourth-order valence-corrected chi connectivity index (χ4v) is 2.41. The lowest BCUT2D eigenvalue weighted by Gasteiger charge is -2.22. The van der Waals surface area contributed by atoms with E-state index < -0.39 is 12.1 Å². The number of nitrogens with zero attached hydrogens (tertiary/aromatic N) is 3. The number of benzene rings is 1. The van der Waals surface area contributed by atoms with Crippen molar-refractivity contribution >= 4 is 5.91 Å². The van der Waals surface area contributed by atoms with Gasteiger partial charge < -0.3 is 9.42 Å². The van der Waals surface area contributed by atoms with Crippen molar-refractivity contribution in [2.45, 2.75) is 38.5 Å². The van der Waals surface area contributed by atoms with Crippen molar-refractivity contribution < 1.29 is 22.5 Å². The number of hydrogen-bond donors (Lipinski definition) is 0. The topological polar surface area (TPSA) is 59.2 Å². The number of carbonyl (C=O) groups is 1. The smallest absolute Gasteiger partial charge is 0.332 e. The summed E-state index contributed by atoms with van der Waals surface area (Å²) in [6.07, 6.45) is -2.72. The molecule has 1 aliphatic carbocycles. The SMILES string of the molecule is C=C(C)C(=O)N(Cc1ccc(-c2noc(C(F)(F)F)n2)cc1)C1CC1. The average Bonchev–Trinajstić information content (AvgIpc) is 3.26. The molecule has 2 aromatic rings. The summed E-state index contributed by atoms with van der Waals surface area (Å²) < 4.78 is 41.7. The first kappa shape index (κ1) is 17.2. The van der Waals surface area contributed by atoms with Crippen LogP contribution in [0.15, 0.2) is 40.9 Å². The summed E-state index contributed by atoms with van der Waals surface area (Å²) >= 11 is 0. The minimum absolute atomic E-state index is 0.0837. The van der Waals surface area contributed by atoms with Gasteiger partial charge in [-0.05, 0) is 25.3 Å². The Bertz CT molecular complexity index is 792. The molecule has 1 aromatic heterocycles. The van der Waals surface area contributed by atoms with E-state index in [2.05, 4.69) is 21.2 Å². The molecule has 1 aliphatic rings. The Morgan fingerprint density at radius 1 is 1.32 bits per heavy atom. The highest BCUT2D eigenvalue weighted by molar-refractivity contribution is 5.92. The van der Waals surface area contributed by atoms with Gasteiger partial charge in [0.2, 0.25) is 11.7 Å². The van der Waals surface area contributed by atoms with Crippen LogP contribution in [0.4, 0.5) is 13.2 Å². The van der Waals surface area contributed by atoms with Gasteiger partial charge in [0.1, 0.15) is 0 Å². The highest BCUT2D eigenvalue weighted by atomic mass is 19.4. The van der Waals surface area contributed by atoms with E-state index in [1.807, 2.05) is 0 Å². The quantitative estimate of drug-likeness (QED) is 0.769. The minimum Gasteiger partial charge on any atom is -0.332 e. The van der Waals surface area contributed by atoms with Crippen LogP contribution in [0.1, 0.15) is 31.2 Å². The van der Waals surface area contributed by atoms with Crippen molar-refractivity contribution in [3.05, 3.63) is 47.9 Å². The summed E-state index contributed by atoms with van der Waals surface area (Å²) in [7, 11) is 0. The first-order chi connectivity index (χ1) is 11.8. The zero-order chi connectivity index (χ0) is 18.2. The Hall–Kier alpha value is -2.64. The van der Waals surface area contributed by atoms with E-state index in [4.69, 9.17) is 0 Å². The predicted octanol–water partition coefficient (Wildman–Crippen LogP) is 3.82. The summed E-state index contributed by atoms with van der Waals surface area (Å²) in [5.74, 6) is -1.59. The maximum Gasteiger partial charge on any atom is 0.471 e. The molecule has 1 fully saturated rings. The minimum atomic E-state index is -4.67. The van der Waals surface area contributed by atoms with Gasteiger partial charge in [-0.3, -0.25) is 4.79 Å². The maximum absolute atomic E-state index is 12.5. The Labute approximate surface area is 142 Å². The second-order valence-corrected chi connectivity index (χ2v) is 6.06. The van der Waals surface area contributed by atoms with E-state index >= 15 is 0 Å². The molecule has 0 bridgehead atoms. The normalized spacial score (nSPS) is 14.4. The molecule has 5 nitrogen and oxygen atoms in total. The molecule has 0 saturated heterocycles. The van der Waals surface area contributed by atoms with E-state index in [0.717, 1.165) is 18.4 Å². The monoisotopic (exact) mass is 351 g/mol. The van der Waals surface area contributed by atoms with Crippen LogP contribution in [-0.2, 0) is 17.5 Å². The lowest BCUT2D eigenvalue weighted by molar-refractivity contribution is -0.159. The highest BCUT2D eigenvalue weighted by Crippen LogP contribution is 2.31. The van der Waals surface area contributed by atoms with Crippen LogP contribution >= 0.6 is 0 Å². The van der Waals surface area contributed by atoms with Crippen LogP contribution in [0.5, 0.6) is 0 Å². The van der Waals surface area contributed by atoms with Gasteiger partial charge in [0, 0.05) is 23.7 Å². The Morgan fingerprint density at radius 2 is 1.96 bits per heavy atom. The lowest BCUT2D eigenvalue weighted by Crippen LogP contribution is -2.32. The van der Waals surface area contributed by atoms with E-state index in [-0.39, 0.29) is 17.8 Å². The largest absolute Gasteiger partial charge is 0.471 e. The van der Waals surface area contributed by atoms with E-state index in [1.165, 1.54) is 0 Å². The third-order valence-electron chi connectivity index (χ3n) is 3.85. The molecule has 0 radical (unpaired) electrons. The number of amides is 1. The van der Waals surface area contributed by atoms with Crippen LogP contribution in [0.3, 0.4) is 0 Å². The van der Waals surface area contributed by atoms with E-state index in [0.29, 0.717) is 17.7 Å². The highest BCUT2D eigenvalue weighted by Gasteiger charge is 2.38. The molecule has 1 heterocycles. The molecule has 3 rings (SSSR count). The molecule has 1 amide bonds. The molecule has 0 atom stereocenters. The van der Waals surface area contributed by atoms with Gasteiger partial charge in [-0.15, -0.1) is 0 Å². The van der Waals surface area contributed by atoms with Crippen LogP contribution in [0.25, 0.3) is 11.4 Å². The van der Waals surface area contributed by atoms with Gasteiger partial charge in [-0.25, -0.2) is 0 Å². The Kier molecular flexibility index (Phi) is 4.36. The lowest BCUT2D eigenvalue weighted by atomic mass is 10.1. The fraction of sp³-hybridized carbons (Fsp3) is 0.353. The van der Waals surface area contributed by atoms with Gasteiger partial charge in [0.15, 0.2) is 0 Å². The molecule has 0 spiro atoms. The van der Waals surface area contributed by atoms with Crippen LogP contribution in [0, 0.1) is 0 Å². The zero-order valence-corrected chi connectivity index (χ0v) is 13.5. The molecule has 8 heteroatoms. The molecule has 1 aromatic carbocycles. The summed E-state index contributed by atoms with van der Waals surface area (Å²) in [5, 5.41) is 3.35. The molecule has 1 saturated carbocycles. The van der Waals surface area contributed by atoms with Gasteiger partial charge in [-0.1, -0.05) is 36.0 Å². The van der Waals surface area contributed by atoms with Crippen molar-refractivity contribution in [2.75, 3.05) is 0 Å². The van der Waals surface area contributed by atoms with Crippen molar-refractivity contribution in [2.24, 2.45) is 0 Å². The average molecular weight is 351 g/mol. The number of halogens is 3. The summed E-state index contributed by atoms with van der Waals surface area (Å²) in [4.78, 5) is 17.3. The molecule has 25 heavy (non-hydrogen) atoms. The van der Waals surface area contributed by atoms with Gasteiger partial charge in [-0.2, -0.15) is 18.2 Å². The summed E-state index contributed by atoms with van der Waals surface area (Å²) in [6.45, 7) is 5.80. The third kappa shape index (κ3) is 3.89. The molecule has 0 aliphatic heterocycles. The van der Waals surface area contributed by atoms with Crippen molar-refractivity contribution in [3.63, 3.8) is 0 Å². The van der Waals surface area contributed by atoms with Crippen LogP contribution < -0.4 is 0 Å². The first-order valence-electron chi connectivity index (χ1n) is 7.72. The molecule has 0 unspecified atom stereocenters. The second-order valence-electron chi connectivity index (χ2n) is 6.06. The van der Waals surface area contributed by atoms with E-state index in [1.54, 1.807) is 36.1 Å². The van der Waals surface area contributed by atoms with Crippen LogP contribution in [-0.4, -0.2) is 27.0 Å². The van der Waals surface area contributed by atoms with Crippen molar-refractivity contribution in [1.29, 1.82) is 0 Å². The van der Waals surface area contributed by atoms with Gasteiger partial charge >= 0.3 is 12.1 Å². The zero-order valence-electron chi connectivity index (χ0n) is 13.5. The molecule has 132 valence electrons. The van der Waals surface area contributed by atoms with Crippen LogP contribution in [0.2, 0.25) is 0 Å². The number of hydrogen-bond acceptors (Lipinski definition) is 4. The third-order valence-corrected chi connectivity index (χ3v) is 3.85. The predicted molar refractivity (Wildman–Crippen MR) is 83.1 cm³/mol. The Morgan fingerprint density at radius 3 is 2.44 bits per heavy atom. The summed E-state index contributed by atoms with van der Waals surface area (Å²) in [5.41, 5.74) is 1.76. The Balaban J connectivity index is 1.74. The second kappa shape index (κ2) is 6.34. The van der Waals surface area contributed by atoms with E-state index in [9.17, 15) is 18.0 Å². The molecular weight excluding hydrogens is 335 g/mol. The molecular formula is C17H16F3N3O2. The number of rotatable bonds is 5. The standard InChI is InChI=1S/C17H16F3N3O2/c1-10(2)15(24)23(13-7-8-13)9-11-3-5-12(6-4-11)14-21-16(25-22-14)17(18,19)20/h3-6,13H,1,7-9H2,2H3. The van der Waals surface area contributed by atoms with Crippen molar-refractivity contribution in [3.8, 4) is 11.4 Å². The molecule has 0 N–H and O–H groups in total. The number of carbonyl (C=O) groups excluding carboxylic acids is 1. The number of aromatic nitrogens is 2. The maximum atomic E-state index is 12.5. The summed E-state index contributed by atoms with van der Waals surface area (Å²) in [6, 6.07) is 6.92. The first-order valence-corrected chi connectivity index (χ1v) is 7.72. The fourth-order valence-electron chi connectivity index (χ4n) is 2.41. The van der Waals surface area contributed by atoms with Gasteiger partial charge in [0.25, 0.3) is 0 Å². The van der Waals surface area contributed by atoms with Gasteiger partial charge in [0.05, 0.1) is 0 Å². The van der Waals surface area contributed by atoms with Crippen molar-refractivity contribution in [1.82, 2.24) is 15.0 Å². The number of alkyl halides is 3.